The fourth-order valence-corrected chi connectivity index (χ4v) is 5.03. The Bertz CT molecular complexity index is 1560. The maximum atomic E-state index is 13.8. The summed E-state index contributed by atoms with van der Waals surface area (Å²) < 4.78 is 19.3. The van der Waals surface area contributed by atoms with E-state index in [4.69, 9.17) is 4.74 Å². The largest absolute Gasteiger partial charge is 0.507 e. The van der Waals surface area contributed by atoms with Crippen LogP contribution in [0, 0.1) is 15.9 Å². The number of aliphatic hydroxyl groups excluding tert-OH is 1. The third kappa shape index (κ3) is 3.85. The number of benzene rings is 3. The SMILES string of the molecule is COc1ccc(/C(O)=C2\C(=O)C(=O)N(c3nc4ccc(F)cc4s3)[C@@H]2c2ccc([N+](=O)[O-])cc2)cc1. The van der Waals surface area contributed by atoms with Gasteiger partial charge in [0.2, 0.25) is 0 Å². The molecule has 1 aromatic heterocycles. The highest BCUT2D eigenvalue weighted by Gasteiger charge is 2.48. The summed E-state index contributed by atoms with van der Waals surface area (Å²) in [5.74, 6) is -2.26. The number of non-ortho nitro benzene ring substituents is 1. The van der Waals surface area contributed by atoms with Crippen LogP contribution in [-0.2, 0) is 9.59 Å². The second kappa shape index (κ2) is 8.86. The second-order valence-corrected chi connectivity index (χ2v) is 8.86. The lowest BCUT2D eigenvalue weighted by atomic mass is 9.95. The zero-order valence-corrected chi connectivity index (χ0v) is 19.4. The number of anilines is 1. The van der Waals surface area contributed by atoms with Gasteiger partial charge in [-0.15, -0.1) is 0 Å². The quantitative estimate of drug-likeness (QED) is 0.133. The number of methoxy groups -OCH3 is 1. The molecule has 11 heteroatoms. The van der Waals surface area contributed by atoms with Crippen molar-refractivity contribution in [1.29, 1.82) is 0 Å². The molecule has 0 spiro atoms. The van der Waals surface area contributed by atoms with Crippen LogP contribution < -0.4 is 9.64 Å². The Kier molecular flexibility index (Phi) is 5.69. The number of fused-ring (bicyclic) bond motifs is 1. The molecular formula is C25H16FN3O6S. The number of Topliss-reactive ketones (excluding diaryl/α,β-unsaturated/α-hetero) is 1. The first-order valence-electron chi connectivity index (χ1n) is 10.5. The van der Waals surface area contributed by atoms with E-state index in [2.05, 4.69) is 4.98 Å². The first-order chi connectivity index (χ1) is 17.3. The van der Waals surface area contributed by atoms with E-state index in [9.17, 15) is 29.2 Å². The Morgan fingerprint density at radius 1 is 1.11 bits per heavy atom. The maximum absolute atomic E-state index is 13.8. The molecule has 0 unspecified atom stereocenters. The molecule has 2 heterocycles. The molecule has 1 aliphatic rings. The van der Waals surface area contributed by atoms with E-state index in [1.54, 1.807) is 12.1 Å². The molecule has 3 aromatic carbocycles. The van der Waals surface area contributed by atoms with Gasteiger partial charge in [0.25, 0.3) is 11.5 Å². The molecule has 5 rings (SSSR count). The van der Waals surface area contributed by atoms with Crippen LogP contribution in [0.25, 0.3) is 16.0 Å². The number of amides is 1. The molecule has 0 radical (unpaired) electrons. The summed E-state index contributed by atoms with van der Waals surface area (Å²) in [7, 11) is 1.48. The number of thiazole rings is 1. The molecule has 1 fully saturated rings. The van der Waals surface area contributed by atoms with Gasteiger partial charge in [-0.25, -0.2) is 9.37 Å². The summed E-state index contributed by atoms with van der Waals surface area (Å²) in [5.41, 5.74) is 0.661. The number of nitro groups is 1. The summed E-state index contributed by atoms with van der Waals surface area (Å²) in [4.78, 5) is 42.6. The van der Waals surface area contributed by atoms with Gasteiger partial charge in [0.15, 0.2) is 5.13 Å². The number of hydrogen-bond acceptors (Lipinski definition) is 8. The van der Waals surface area contributed by atoms with Crippen molar-refractivity contribution in [2.45, 2.75) is 6.04 Å². The number of nitrogens with zero attached hydrogens (tertiary/aromatic N) is 3. The molecule has 1 saturated heterocycles. The Morgan fingerprint density at radius 3 is 2.44 bits per heavy atom. The van der Waals surface area contributed by atoms with Crippen molar-refractivity contribution in [1.82, 2.24) is 4.98 Å². The summed E-state index contributed by atoms with van der Waals surface area (Å²) in [5, 5.41) is 22.4. The molecule has 9 nitrogen and oxygen atoms in total. The average Bonchev–Trinajstić information content (AvgIpc) is 3.41. The third-order valence-corrected chi connectivity index (χ3v) is 6.79. The number of carbonyl (C=O) groups excluding carboxylic acids is 2. The van der Waals surface area contributed by atoms with Gasteiger partial charge in [-0.2, -0.15) is 0 Å². The Labute approximate surface area is 206 Å². The number of aromatic nitrogens is 1. The molecule has 180 valence electrons. The first-order valence-corrected chi connectivity index (χ1v) is 11.4. The summed E-state index contributed by atoms with van der Waals surface area (Å²) >= 11 is 1.01. The molecule has 1 aliphatic heterocycles. The van der Waals surface area contributed by atoms with Crippen molar-refractivity contribution >= 4 is 49.8 Å². The molecule has 0 aliphatic carbocycles. The Morgan fingerprint density at radius 2 is 1.81 bits per heavy atom. The minimum atomic E-state index is -1.13. The predicted octanol–water partition coefficient (Wildman–Crippen LogP) is 4.98. The van der Waals surface area contributed by atoms with Crippen molar-refractivity contribution < 1.29 is 28.7 Å². The fourth-order valence-electron chi connectivity index (χ4n) is 4.02. The topological polar surface area (TPSA) is 123 Å². The smallest absolute Gasteiger partial charge is 0.301 e. The Hall–Kier alpha value is -4.64. The maximum Gasteiger partial charge on any atom is 0.301 e. The summed E-state index contributed by atoms with van der Waals surface area (Å²) in [6.07, 6.45) is 0. The number of hydrogen-bond donors (Lipinski definition) is 1. The van der Waals surface area contributed by atoms with Gasteiger partial charge in [0.05, 0.1) is 33.9 Å². The fraction of sp³-hybridized carbons (Fsp3) is 0.0800. The van der Waals surface area contributed by atoms with E-state index >= 15 is 0 Å². The van der Waals surface area contributed by atoms with E-state index in [0.29, 0.717) is 21.5 Å². The molecule has 4 aromatic rings. The van der Waals surface area contributed by atoms with Crippen LogP contribution in [-0.4, -0.2) is 33.8 Å². The van der Waals surface area contributed by atoms with Gasteiger partial charge >= 0.3 is 5.91 Å². The van der Waals surface area contributed by atoms with Crippen LogP contribution in [0.5, 0.6) is 5.75 Å². The number of ketones is 1. The number of ether oxygens (including phenoxy) is 1. The number of carbonyl (C=O) groups is 2. The van der Waals surface area contributed by atoms with E-state index in [1.165, 1.54) is 61.7 Å². The number of halogens is 1. The Balaban J connectivity index is 1.70. The number of nitro benzene ring substituents is 1. The van der Waals surface area contributed by atoms with Crippen molar-refractivity contribution in [3.05, 3.63) is 99.4 Å². The highest BCUT2D eigenvalue weighted by Crippen LogP contribution is 2.44. The van der Waals surface area contributed by atoms with Crippen molar-refractivity contribution in [2.75, 3.05) is 12.0 Å². The summed E-state index contributed by atoms with van der Waals surface area (Å²) in [6, 6.07) is 14.4. The molecule has 36 heavy (non-hydrogen) atoms. The lowest BCUT2D eigenvalue weighted by Gasteiger charge is -2.22. The van der Waals surface area contributed by atoms with E-state index in [1.807, 2.05) is 0 Å². The van der Waals surface area contributed by atoms with Crippen LogP contribution in [0.15, 0.2) is 72.3 Å². The normalized spacial score (nSPS) is 17.1. The zero-order valence-electron chi connectivity index (χ0n) is 18.5. The lowest BCUT2D eigenvalue weighted by Crippen LogP contribution is -2.29. The van der Waals surface area contributed by atoms with Gasteiger partial charge in [-0.05, 0) is 60.2 Å². The van der Waals surface area contributed by atoms with Gasteiger partial charge < -0.3 is 9.84 Å². The van der Waals surface area contributed by atoms with Crippen molar-refractivity contribution in [3.8, 4) is 5.75 Å². The molecule has 0 bridgehead atoms. The van der Waals surface area contributed by atoms with Gasteiger partial charge in [0.1, 0.15) is 17.3 Å². The minimum Gasteiger partial charge on any atom is -0.507 e. The van der Waals surface area contributed by atoms with Crippen LogP contribution in [0.1, 0.15) is 17.2 Å². The van der Waals surface area contributed by atoms with Crippen LogP contribution >= 0.6 is 11.3 Å². The molecule has 1 N–H and O–H groups in total. The zero-order chi connectivity index (χ0) is 25.6. The third-order valence-electron chi connectivity index (χ3n) is 5.77. The number of rotatable bonds is 5. The molecule has 0 saturated carbocycles. The average molecular weight is 505 g/mol. The summed E-state index contributed by atoms with van der Waals surface area (Å²) in [6.45, 7) is 0. The van der Waals surface area contributed by atoms with E-state index in [-0.39, 0.29) is 22.0 Å². The van der Waals surface area contributed by atoms with Crippen molar-refractivity contribution in [3.63, 3.8) is 0 Å². The lowest BCUT2D eigenvalue weighted by molar-refractivity contribution is -0.384. The van der Waals surface area contributed by atoms with Crippen LogP contribution in [0.4, 0.5) is 15.2 Å². The van der Waals surface area contributed by atoms with Gasteiger partial charge in [-0.3, -0.25) is 24.6 Å². The van der Waals surface area contributed by atoms with Crippen LogP contribution in [0.2, 0.25) is 0 Å². The molecule has 1 atom stereocenters. The van der Waals surface area contributed by atoms with Gasteiger partial charge in [0, 0.05) is 17.7 Å². The van der Waals surface area contributed by atoms with E-state index in [0.717, 1.165) is 16.2 Å². The highest BCUT2D eigenvalue weighted by atomic mass is 32.1. The molecule has 1 amide bonds. The van der Waals surface area contributed by atoms with E-state index < -0.39 is 34.2 Å². The first kappa shape index (κ1) is 23.1. The highest BCUT2D eigenvalue weighted by molar-refractivity contribution is 7.22. The van der Waals surface area contributed by atoms with Gasteiger partial charge in [-0.1, -0.05) is 11.3 Å². The standard InChI is InChI=1S/C25H16FN3O6S/c1-35-17-9-4-14(5-10-17)22(30)20-21(13-2-7-16(8-3-13)29(33)34)28(24(32)23(20)31)25-27-18-11-6-15(26)12-19(18)36-25/h2-12,21,30H,1H3/b22-20+/t21-/m1/s1. The van der Waals surface area contributed by atoms with Crippen LogP contribution in [0.3, 0.4) is 0 Å². The molecular weight excluding hydrogens is 489 g/mol. The second-order valence-electron chi connectivity index (χ2n) is 7.85. The predicted molar refractivity (Wildman–Crippen MR) is 130 cm³/mol. The monoisotopic (exact) mass is 505 g/mol. The number of aliphatic hydroxyl groups is 1. The van der Waals surface area contributed by atoms with Crippen molar-refractivity contribution in [2.24, 2.45) is 0 Å². The minimum absolute atomic E-state index is 0.120.